The maximum atomic E-state index is 12.7. The Bertz CT molecular complexity index is 1260. The van der Waals surface area contributed by atoms with E-state index in [2.05, 4.69) is 26.1 Å². The van der Waals surface area contributed by atoms with E-state index in [1.807, 2.05) is 13.0 Å². The molecule has 1 unspecified atom stereocenters. The predicted molar refractivity (Wildman–Crippen MR) is 128 cm³/mol. The van der Waals surface area contributed by atoms with Crippen LogP contribution in [0.4, 0.5) is 11.5 Å². The van der Waals surface area contributed by atoms with Gasteiger partial charge in [0.1, 0.15) is 16.9 Å². The maximum Gasteiger partial charge on any atom is 0.263 e. The Hall–Kier alpha value is -3.42. The van der Waals surface area contributed by atoms with E-state index in [-0.39, 0.29) is 16.6 Å². The molecule has 0 aliphatic carbocycles. The van der Waals surface area contributed by atoms with Crippen LogP contribution in [0.5, 0.6) is 0 Å². The van der Waals surface area contributed by atoms with Gasteiger partial charge in [0.2, 0.25) is 5.91 Å². The number of benzene rings is 1. The minimum Gasteiger partial charge on any atom is -0.325 e. The molecule has 0 fully saturated rings. The number of nitrogens with one attached hydrogen (secondary N) is 2. The van der Waals surface area contributed by atoms with Crippen LogP contribution in [0.1, 0.15) is 31.5 Å². The van der Waals surface area contributed by atoms with Crippen LogP contribution in [-0.4, -0.2) is 29.5 Å². The summed E-state index contributed by atoms with van der Waals surface area (Å²) < 4.78 is 27.4. The van der Waals surface area contributed by atoms with Crippen LogP contribution in [0.3, 0.4) is 0 Å². The normalized spacial score (nSPS) is 11.9. The van der Waals surface area contributed by atoms with Gasteiger partial charge in [-0.05, 0) is 61.9 Å². The van der Waals surface area contributed by atoms with Crippen molar-refractivity contribution in [3.05, 3.63) is 72.1 Å². The van der Waals surface area contributed by atoms with E-state index in [4.69, 9.17) is 0 Å². The van der Waals surface area contributed by atoms with Crippen molar-refractivity contribution in [2.24, 2.45) is 0 Å². The monoisotopic (exact) mass is 481 g/mol. The SMILES string of the molecule is CCCc1ccc(C#N)c(SC(C)C(=O)Nc2ccc(S(=O)(=O)Nc3ccccn3)cc2)n1. The molecule has 8 nitrogen and oxygen atoms in total. The smallest absolute Gasteiger partial charge is 0.263 e. The fourth-order valence-corrected chi connectivity index (χ4v) is 4.77. The molecule has 0 aliphatic rings. The fraction of sp³-hybridized carbons (Fsp3) is 0.217. The van der Waals surface area contributed by atoms with Gasteiger partial charge in [0.15, 0.2) is 0 Å². The zero-order chi connectivity index (χ0) is 23.8. The molecule has 0 spiro atoms. The highest BCUT2D eigenvalue weighted by atomic mass is 32.2. The van der Waals surface area contributed by atoms with Crippen molar-refractivity contribution in [1.82, 2.24) is 9.97 Å². The molecule has 1 aromatic carbocycles. The van der Waals surface area contributed by atoms with Crippen LogP contribution in [-0.2, 0) is 21.2 Å². The first-order chi connectivity index (χ1) is 15.8. The fourth-order valence-electron chi connectivity index (χ4n) is 2.85. The number of aromatic nitrogens is 2. The molecule has 2 aromatic heterocycles. The molecular formula is C23H23N5O3S2. The van der Waals surface area contributed by atoms with Crippen molar-refractivity contribution in [3.8, 4) is 6.07 Å². The number of aryl methyl sites for hydroxylation is 1. The number of amides is 1. The van der Waals surface area contributed by atoms with E-state index >= 15 is 0 Å². The second kappa shape index (κ2) is 10.9. The number of rotatable bonds is 9. The lowest BCUT2D eigenvalue weighted by atomic mass is 10.2. The molecule has 0 saturated heterocycles. The van der Waals surface area contributed by atoms with Crippen molar-refractivity contribution in [2.75, 3.05) is 10.0 Å². The third-order valence-corrected chi connectivity index (χ3v) is 7.01. The Balaban J connectivity index is 1.66. The van der Waals surface area contributed by atoms with Crippen LogP contribution in [0.15, 0.2) is 70.7 Å². The van der Waals surface area contributed by atoms with Gasteiger partial charge in [-0.25, -0.2) is 18.4 Å². The van der Waals surface area contributed by atoms with Gasteiger partial charge in [-0.15, -0.1) is 0 Å². The number of nitrogens with zero attached hydrogens (tertiary/aromatic N) is 3. The highest BCUT2D eigenvalue weighted by Gasteiger charge is 2.19. The van der Waals surface area contributed by atoms with Crippen molar-refractivity contribution in [1.29, 1.82) is 5.26 Å². The van der Waals surface area contributed by atoms with Gasteiger partial charge in [-0.1, -0.05) is 31.2 Å². The number of hydrogen-bond acceptors (Lipinski definition) is 7. The Morgan fingerprint density at radius 1 is 1.15 bits per heavy atom. The zero-order valence-corrected chi connectivity index (χ0v) is 19.8. The molecular weight excluding hydrogens is 458 g/mol. The van der Waals surface area contributed by atoms with Crippen molar-refractivity contribution < 1.29 is 13.2 Å². The molecule has 2 N–H and O–H groups in total. The van der Waals surface area contributed by atoms with Crippen LogP contribution >= 0.6 is 11.8 Å². The summed E-state index contributed by atoms with van der Waals surface area (Å²) in [6.07, 6.45) is 3.22. The first-order valence-electron chi connectivity index (χ1n) is 10.2. The summed E-state index contributed by atoms with van der Waals surface area (Å²) in [6.45, 7) is 3.78. The van der Waals surface area contributed by atoms with E-state index in [0.29, 0.717) is 16.3 Å². The van der Waals surface area contributed by atoms with Crippen molar-refractivity contribution >= 4 is 39.2 Å². The molecule has 0 bridgehead atoms. The average Bonchev–Trinajstić information content (AvgIpc) is 2.80. The largest absolute Gasteiger partial charge is 0.325 e. The molecule has 1 amide bonds. The number of hydrogen-bond donors (Lipinski definition) is 2. The average molecular weight is 482 g/mol. The van der Waals surface area contributed by atoms with E-state index < -0.39 is 15.3 Å². The van der Waals surface area contributed by atoms with Gasteiger partial charge in [-0.2, -0.15) is 5.26 Å². The summed E-state index contributed by atoms with van der Waals surface area (Å²) in [5.41, 5.74) is 1.76. The molecule has 0 radical (unpaired) electrons. The number of pyridine rings is 2. The zero-order valence-electron chi connectivity index (χ0n) is 18.1. The number of carbonyl (C=O) groups excluding carboxylic acids is 1. The lowest BCUT2D eigenvalue weighted by Gasteiger charge is -2.13. The molecule has 2 heterocycles. The van der Waals surface area contributed by atoms with Crippen molar-refractivity contribution in [3.63, 3.8) is 0 Å². The first kappa shape index (κ1) is 24.2. The van der Waals surface area contributed by atoms with Gasteiger partial charge >= 0.3 is 0 Å². The summed E-state index contributed by atoms with van der Waals surface area (Å²) in [7, 11) is -3.80. The Kier molecular flexibility index (Phi) is 8.03. The van der Waals surface area contributed by atoms with Crippen LogP contribution in [0, 0.1) is 11.3 Å². The minimum atomic E-state index is -3.80. The number of carbonyl (C=O) groups is 1. The number of thioether (sulfide) groups is 1. The Morgan fingerprint density at radius 3 is 2.55 bits per heavy atom. The third-order valence-electron chi connectivity index (χ3n) is 4.54. The minimum absolute atomic E-state index is 0.0455. The lowest BCUT2D eigenvalue weighted by molar-refractivity contribution is -0.115. The Morgan fingerprint density at radius 2 is 1.91 bits per heavy atom. The molecule has 1 atom stereocenters. The quantitative estimate of drug-likeness (QED) is 0.438. The second-order valence-electron chi connectivity index (χ2n) is 7.11. The maximum absolute atomic E-state index is 12.7. The summed E-state index contributed by atoms with van der Waals surface area (Å²) >= 11 is 1.21. The predicted octanol–water partition coefficient (Wildman–Crippen LogP) is 4.22. The molecule has 33 heavy (non-hydrogen) atoms. The molecule has 0 saturated carbocycles. The summed E-state index contributed by atoms with van der Waals surface area (Å²) in [5, 5.41) is 12.1. The standard InChI is InChI=1S/C23H23N5O3S2/c1-3-6-18-9-8-17(15-24)23(27-18)32-16(2)22(29)26-19-10-12-20(13-11-19)33(30,31)28-21-7-4-5-14-25-21/h4-5,7-14,16H,3,6H2,1-2H3,(H,25,28)(H,26,29). The van der Waals surface area contributed by atoms with Crippen molar-refractivity contribution in [2.45, 2.75) is 41.9 Å². The summed E-state index contributed by atoms with van der Waals surface area (Å²) in [6, 6.07) is 16.4. The van der Waals surface area contributed by atoms with Crippen LogP contribution in [0.2, 0.25) is 0 Å². The molecule has 170 valence electrons. The van der Waals surface area contributed by atoms with Gasteiger partial charge in [0.05, 0.1) is 15.7 Å². The molecule has 3 aromatic rings. The van der Waals surface area contributed by atoms with E-state index in [9.17, 15) is 18.5 Å². The molecule has 0 aliphatic heterocycles. The topological polar surface area (TPSA) is 125 Å². The molecule has 10 heteroatoms. The number of anilines is 2. The van der Waals surface area contributed by atoms with Gasteiger partial charge in [-0.3, -0.25) is 9.52 Å². The highest BCUT2D eigenvalue weighted by molar-refractivity contribution is 8.00. The van der Waals surface area contributed by atoms with Gasteiger partial charge in [0.25, 0.3) is 10.0 Å². The molecule has 3 rings (SSSR count). The highest BCUT2D eigenvalue weighted by Crippen LogP contribution is 2.26. The van der Waals surface area contributed by atoms with Gasteiger partial charge < -0.3 is 5.32 Å². The third kappa shape index (κ3) is 6.54. The second-order valence-corrected chi connectivity index (χ2v) is 10.1. The van der Waals surface area contributed by atoms with E-state index in [1.54, 1.807) is 31.2 Å². The first-order valence-corrected chi connectivity index (χ1v) is 12.6. The van der Waals surface area contributed by atoms with Gasteiger partial charge in [0, 0.05) is 17.6 Å². The van der Waals surface area contributed by atoms with Crippen LogP contribution in [0.25, 0.3) is 0 Å². The lowest BCUT2D eigenvalue weighted by Crippen LogP contribution is -2.22. The van der Waals surface area contributed by atoms with E-state index in [0.717, 1.165) is 18.5 Å². The van der Waals surface area contributed by atoms with E-state index in [1.165, 1.54) is 42.2 Å². The number of nitriles is 1. The van der Waals surface area contributed by atoms with Crippen LogP contribution < -0.4 is 10.0 Å². The summed E-state index contributed by atoms with van der Waals surface area (Å²) in [5.74, 6) is -0.0668. The number of sulfonamides is 1. The Labute approximate surface area is 197 Å². The summed E-state index contributed by atoms with van der Waals surface area (Å²) in [4.78, 5) is 21.2.